The number of thiophene rings is 1. The van der Waals surface area contributed by atoms with Crippen LogP contribution in [0.3, 0.4) is 0 Å². The highest BCUT2D eigenvalue weighted by Crippen LogP contribution is 2.35. The van der Waals surface area contributed by atoms with Crippen LogP contribution in [0.1, 0.15) is 10.4 Å². The molecule has 2 aromatic rings. The first-order chi connectivity index (χ1) is 11.6. The van der Waals surface area contributed by atoms with E-state index in [0.29, 0.717) is 0 Å². The van der Waals surface area contributed by atoms with E-state index in [-0.39, 0.29) is 24.8 Å². The van der Waals surface area contributed by atoms with E-state index in [9.17, 15) is 23.1 Å². The van der Waals surface area contributed by atoms with Crippen LogP contribution in [0.5, 0.6) is 5.75 Å². The Morgan fingerprint density at radius 3 is 2.48 bits per heavy atom. The molecule has 1 heterocycles. The standard InChI is InChI=1S/C13H10Cl2N2O6S2/c14-8-4-11(24-12(8)15)25(21,22)17-6-1-2-7(9(18)3-6)13(20)23-5-10(16)19/h1-4,17-18H,5H2,(H2,16,19). The number of anilines is 1. The van der Waals surface area contributed by atoms with E-state index in [4.69, 9.17) is 28.9 Å². The molecule has 0 aliphatic heterocycles. The lowest BCUT2D eigenvalue weighted by atomic mass is 10.2. The van der Waals surface area contributed by atoms with E-state index in [1.54, 1.807) is 0 Å². The topological polar surface area (TPSA) is 136 Å². The molecule has 0 aliphatic rings. The quantitative estimate of drug-likeness (QED) is 0.607. The van der Waals surface area contributed by atoms with Crippen molar-refractivity contribution in [2.24, 2.45) is 5.73 Å². The molecular formula is C13H10Cl2N2O6S2. The number of ether oxygens (including phenoxy) is 1. The van der Waals surface area contributed by atoms with Gasteiger partial charge in [-0.3, -0.25) is 9.52 Å². The van der Waals surface area contributed by atoms with Crippen molar-refractivity contribution in [3.63, 3.8) is 0 Å². The second-order valence-corrected chi connectivity index (χ2v) is 8.54. The molecule has 12 heteroatoms. The van der Waals surface area contributed by atoms with Crippen molar-refractivity contribution in [2.75, 3.05) is 11.3 Å². The molecule has 1 aromatic carbocycles. The maximum atomic E-state index is 12.2. The van der Waals surface area contributed by atoms with Crippen LogP contribution in [0.15, 0.2) is 28.5 Å². The van der Waals surface area contributed by atoms with Gasteiger partial charge in [0.1, 0.15) is 19.9 Å². The first kappa shape index (κ1) is 19.3. The zero-order valence-corrected chi connectivity index (χ0v) is 15.3. The van der Waals surface area contributed by atoms with E-state index in [0.717, 1.165) is 23.5 Å². The highest BCUT2D eigenvalue weighted by molar-refractivity contribution is 7.94. The van der Waals surface area contributed by atoms with Crippen molar-refractivity contribution in [1.82, 2.24) is 0 Å². The third-order valence-corrected chi connectivity index (χ3v) is 6.42. The maximum Gasteiger partial charge on any atom is 0.342 e. The number of halogens is 2. The third kappa shape index (κ3) is 4.75. The lowest BCUT2D eigenvalue weighted by Gasteiger charge is -2.09. The molecule has 25 heavy (non-hydrogen) atoms. The number of nitrogens with one attached hydrogen (secondary N) is 1. The second-order valence-electron chi connectivity index (χ2n) is 4.57. The molecule has 0 spiro atoms. The van der Waals surface area contributed by atoms with Crippen LogP contribution in [0.2, 0.25) is 9.36 Å². The van der Waals surface area contributed by atoms with Gasteiger partial charge < -0.3 is 15.6 Å². The minimum Gasteiger partial charge on any atom is -0.507 e. The Bertz CT molecular complexity index is 922. The summed E-state index contributed by atoms with van der Waals surface area (Å²) in [6, 6.07) is 4.56. The minimum absolute atomic E-state index is 0.00963. The average Bonchev–Trinajstić information content (AvgIpc) is 2.85. The third-order valence-electron chi connectivity index (χ3n) is 2.70. The van der Waals surface area contributed by atoms with Crippen molar-refractivity contribution in [3.8, 4) is 5.75 Å². The van der Waals surface area contributed by atoms with Gasteiger partial charge in [0, 0.05) is 6.07 Å². The van der Waals surface area contributed by atoms with Crippen LogP contribution < -0.4 is 10.5 Å². The van der Waals surface area contributed by atoms with Gasteiger partial charge in [0.25, 0.3) is 15.9 Å². The number of benzene rings is 1. The summed E-state index contributed by atoms with van der Waals surface area (Å²) in [5.74, 6) is -2.38. The molecule has 2 rings (SSSR count). The lowest BCUT2D eigenvalue weighted by Crippen LogP contribution is -2.21. The van der Waals surface area contributed by atoms with Crippen molar-refractivity contribution in [1.29, 1.82) is 0 Å². The molecule has 0 radical (unpaired) electrons. The number of carbonyl (C=O) groups excluding carboxylic acids is 2. The van der Waals surface area contributed by atoms with Gasteiger partial charge in [0.05, 0.1) is 10.7 Å². The van der Waals surface area contributed by atoms with Gasteiger partial charge in [-0.1, -0.05) is 23.2 Å². The smallest absolute Gasteiger partial charge is 0.342 e. The highest BCUT2D eigenvalue weighted by Gasteiger charge is 2.21. The van der Waals surface area contributed by atoms with Gasteiger partial charge in [-0.05, 0) is 18.2 Å². The number of amides is 1. The Hall–Kier alpha value is -2.01. The van der Waals surface area contributed by atoms with Gasteiger partial charge in [-0.25, -0.2) is 13.2 Å². The molecule has 0 saturated heterocycles. The Morgan fingerprint density at radius 1 is 1.28 bits per heavy atom. The fourth-order valence-electron chi connectivity index (χ4n) is 1.65. The number of primary amides is 1. The summed E-state index contributed by atoms with van der Waals surface area (Å²) in [5.41, 5.74) is 4.58. The molecule has 1 amide bonds. The first-order valence-electron chi connectivity index (χ1n) is 6.36. The molecular weight excluding hydrogens is 415 g/mol. The largest absolute Gasteiger partial charge is 0.507 e. The summed E-state index contributed by atoms with van der Waals surface area (Å²) in [4.78, 5) is 22.3. The molecule has 0 saturated carbocycles. The van der Waals surface area contributed by atoms with Crippen molar-refractivity contribution in [2.45, 2.75) is 4.21 Å². The fourth-order valence-corrected chi connectivity index (χ4v) is 4.58. The summed E-state index contributed by atoms with van der Waals surface area (Å²) < 4.78 is 31.2. The molecule has 0 unspecified atom stereocenters. The number of hydrogen-bond acceptors (Lipinski definition) is 7. The normalized spacial score (nSPS) is 11.1. The summed E-state index contributed by atoms with van der Waals surface area (Å²) in [7, 11) is -3.98. The first-order valence-corrected chi connectivity index (χ1v) is 9.42. The molecule has 1 aromatic heterocycles. The molecule has 0 atom stereocenters. The number of nitrogens with two attached hydrogens (primary N) is 1. The van der Waals surface area contributed by atoms with E-state index >= 15 is 0 Å². The molecule has 4 N–H and O–H groups in total. The Kier molecular flexibility index (Phi) is 5.78. The van der Waals surface area contributed by atoms with Gasteiger partial charge >= 0.3 is 5.97 Å². The van der Waals surface area contributed by atoms with Crippen LogP contribution in [-0.4, -0.2) is 32.0 Å². The van der Waals surface area contributed by atoms with Crippen LogP contribution in [0, 0.1) is 0 Å². The van der Waals surface area contributed by atoms with Crippen LogP contribution in [-0.2, 0) is 19.6 Å². The highest BCUT2D eigenvalue weighted by atomic mass is 35.5. The summed E-state index contributed by atoms with van der Waals surface area (Å²) >= 11 is 12.2. The predicted octanol–water partition coefficient (Wildman–Crippen LogP) is 2.20. The van der Waals surface area contributed by atoms with Gasteiger partial charge in [0.2, 0.25) is 0 Å². The molecule has 134 valence electrons. The Labute approximate surface area is 156 Å². The van der Waals surface area contributed by atoms with Crippen LogP contribution in [0.25, 0.3) is 0 Å². The molecule has 0 bridgehead atoms. The Morgan fingerprint density at radius 2 is 1.96 bits per heavy atom. The van der Waals surface area contributed by atoms with E-state index in [1.807, 2.05) is 0 Å². The van der Waals surface area contributed by atoms with Gasteiger partial charge in [-0.15, -0.1) is 11.3 Å². The molecule has 8 nitrogen and oxygen atoms in total. The number of rotatable bonds is 6. The SMILES string of the molecule is NC(=O)COC(=O)c1ccc(NS(=O)(=O)c2cc(Cl)c(Cl)s2)cc1O. The van der Waals surface area contributed by atoms with Crippen molar-refractivity contribution in [3.05, 3.63) is 39.2 Å². The van der Waals surface area contributed by atoms with Gasteiger partial charge in [0.15, 0.2) is 6.61 Å². The predicted molar refractivity (Wildman–Crippen MR) is 92.7 cm³/mol. The van der Waals surface area contributed by atoms with E-state index in [1.165, 1.54) is 12.1 Å². The van der Waals surface area contributed by atoms with Gasteiger partial charge in [-0.2, -0.15) is 0 Å². The number of carbonyl (C=O) groups is 2. The van der Waals surface area contributed by atoms with Crippen molar-refractivity contribution < 1.29 is 27.9 Å². The van der Waals surface area contributed by atoms with Crippen LogP contribution >= 0.6 is 34.5 Å². The maximum absolute atomic E-state index is 12.2. The van der Waals surface area contributed by atoms with E-state index in [2.05, 4.69) is 9.46 Å². The number of esters is 1. The number of aromatic hydroxyl groups is 1. The molecule has 0 aliphatic carbocycles. The monoisotopic (exact) mass is 424 g/mol. The van der Waals surface area contributed by atoms with Crippen molar-refractivity contribution >= 4 is 62.1 Å². The fraction of sp³-hybridized carbons (Fsp3) is 0.0769. The lowest BCUT2D eigenvalue weighted by molar-refractivity contribution is -0.121. The zero-order chi connectivity index (χ0) is 18.8. The Balaban J connectivity index is 2.20. The second kappa shape index (κ2) is 7.48. The summed E-state index contributed by atoms with van der Waals surface area (Å²) in [6.07, 6.45) is 0. The van der Waals surface area contributed by atoms with E-state index < -0.39 is 34.3 Å². The number of sulfonamides is 1. The average molecular weight is 425 g/mol. The summed E-state index contributed by atoms with van der Waals surface area (Å²) in [5, 5.41) is 9.95. The zero-order valence-electron chi connectivity index (χ0n) is 12.2. The summed E-state index contributed by atoms with van der Waals surface area (Å²) in [6.45, 7) is -0.646. The van der Waals surface area contributed by atoms with Crippen LogP contribution in [0.4, 0.5) is 5.69 Å². The number of hydrogen-bond donors (Lipinski definition) is 3. The number of phenolic OH excluding ortho intramolecular Hbond substituents is 1. The minimum atomic E-state index is -3.98. The number of phenols is 1. The molecule has 0 fully saturated rings.